The molecule has 1 unspecified atom stereocenters. The zero-order valence-electron chi connectivity index (χ0n) is 14.5. The van der Waals surface area contributed by atoms with Crippen molar-refractivity contribution in [3.63, 3.8) is 0 Å². The van der Waals surface area contributed by atoms with E-state index in [0.717, 1.165) is 44.9 Å². The summed E-state index contributed by atoms with van der Waals surface area (Å²) < 4.78 is 26.0. The van der Waals surface area contributed by atoms with E-state index in [1.54, 1.807) is 0 Å². The van der Waals surface area contributed by atoms with Gasteiger partial charge in [0.1, 0.15) is 5.25 Å². The van der Waals surface area contributed by atoms with E-state index in [-0.39, 0.29) is 29.2 Å². The molecule has 23 heavy (non-hydrogen) atoms. The number of amides is 1. The topological polar surface area (TPSA) is 89.3 Å². The molecule has 0 aromatic rings. The standard InChI is InChI=1S/C17H32N2O3S/c1-12(2)16(23(21,22)15-6-4-3-5-7-15)17(20)19-14-10-8-13(18)9-11-14/h12-16H,3-11,18H2,1-2H3,(H,19,20). The first-order valence-corrected chi connectivity index (χ1v) is 10.7. The second kappa shape index (κ2) is 7.97. The molecule has 134 valence electrons. The molecule has 2 saturated carbocycles. The van der Waals surface area contributed by atoms with Crippen molar-refractivity contribution in [2.24, 2.45) is 11.7 Å². The Bertz CT molecular complexity index is 490. The minimum atomic E-state index is -3.42. The third-order valence-electron chi connectivity index (χ3n) is 5.35. The third kappa shape index (κ3) is 4.69. The van der Waals surface area contributed by atoms with Crippen molar-refractivity contribution < 1.29 is 13.2 Å². The Hall–Kier alpha value is -0.620. The second-order valence-electron chi connectivity index (χ2n) is 7.63. The molecule has 0 bridgehead atoms. The zero-order chi connectivity index (χ0) is 17.0. The molecule has 0 aromatic heterocycles. The first-order chi connectivity index (χ1) is 10.8. The first-order valence-electron chi connectivity index (χ1n) is 9.11. The fourth-order valence-corrected chi connectivity index (χ4v) is 6.51. The van der Waals surface area contributed by atoms with Crippen molar-refractivity contribution in [2.75, 3.05) is 0 Å². The SMILES string of the molecule is CC(C)C(C(=O)NC1CCC(N)CC1)S(=O)(=O)C1CCCCC1. The molecule has 0 aromatic carbocycles. The molecule has 6 heteroatoms. The Kier molecular flexibility index (Phi) is 6.48. The summed E-state index contributed by atoms with van der Waals surface area (Å²) in [5, 5.41) is 1.74. The number of hydrogen-bond acceptors (Lipinski definition) is 4. The van der Waals surface area contributed by atoms with Gasteiger partial charge in [0.15, 0.2) is 9.84 Å². The van der Waals surface area contributed by atoms with Gasteiger partial charge >= 0.3 is 0 Å². The number of carbonyl (C=O) groups excluding carboxylic acids is 1. The van der Waals surface area contributed by atoms with Crippen LogP contribution >= 0.6 is 0 Å². The first kappa shape index (κ1) is 18.7. The van der Waals surface area contributed by atoms with Crippen LogP contribution in [0.25, 0.3) is 0 Å². The number of nitrogens with two attached hydrogens (primary N) is 1. The minimum absolute atomic E-state index is 0.0742. The van der Waals surface area contributed by atoms with Crippen LogP contribution in [0.4, 0.5) is 0 Å². The van der Waals surface area contributed by atoms with E-state index >= 15 is 0 Å². The molecular weight excluding hydrogens is 312 g/mol. The summed E-state index contributed by atoms with van der Waals surface area (Å²) in [6.07, 6.45) is 7.91. The highest BCUT2D eigenvalue weighted by atomic mass is 32.2. The van der Waals surface area contributed by atoms with Crippen LogP contribution in [-0.4, -0.2) is 36.9 Å². The molecule has 5 nitrogen and oxygen atoms in total. The normalized spacial score (nSPS) is 28.5. The monoisotopic (exact) mass is 344 g/mol. The molecule has 2 fully saturated rings. The second-order valence-corrected chi connectivity index (χ2v) is 9.99. The lowest BCUT2D eigenvalue weighted by Gasteiger charge is -2.31. The average Bonchev–Trinajstić information content (AvgIpc) is 2.50. The van der Waals surface area contributed by atoms with Crippen molar-refractivity contribution in [1.82, 2.24) is 5.32 Å². The molecule has 0 saturated heterocycles. The fraction of sp³-hybridized carbons (Fsp3) is 0.941. The number of hydrogen-bond donors (Lipinski definition) is 2. The molecule has 0 radical (unpaired) electrons. The lowest BCUT2D eigenvalue weighted by atomic mass is 9.91. The van der Waals surface area contributed by atoms with Crippen LogP contribution in [-0.2, 0) is 14.6 Å². The van der Waals surface area contributed by atoms with Gasteiger partial charge in [0, 0.05) is 12.1 Å². The maximum atomic E-state index is 13.0. The van der Waals surface area contributed by atoms with E-state index in [1.807, 2.05) is 13.8 Å². The molecule has 0 heterocycles. The molecule has 0 spiro atoms. The zero-order valence-corrected chi connectivity index (χ0v) is 15.3. The molecule has 1 amide bonds. The number of carbonyl (C=O) groups is 1. The van der Waals surface area contributed by atoms with Gasteiger partial charge in [0.2, 0.25) is 5.91 Å². The Morgan fingerprint density at radius 3 is 2.09 bits per heavy atom. The van der Waals surface area contributed by atoms with Crippen LogP contribution in [0.2, 0.25) is 0 Å². The lowest BCUT2D eigenvalue weighted by molar-refractivity contribution is -0.122. The van der Waals surface area contributed by atoms with E-state index in [0.29, 0.717) is 12.8 Å². The van der Waals surface area contributed by atoms with E-state index in [2.05, 4.69) is 5.32 Å². The van der Waals surface area contributed by atoms with Gasteiger partial charge in [-0.1, -0.05) is 33.1 Å². The number of nitrogens with one attached hydrogen (secondary N) is 1. The quantitative estimate of drug-likeness (QED) is 0.799. The van der Waals surface area contributed by atoms with Crippen LogP contribution in [0.1, 0.15) is 71.6 Å². The Balaban J connectivity index is 2.06. The molecule has 3 N–H and O–H groups in total. The van der Waals surface area contributed by atoms with Crippen molar-refractivity contribution in [1.29, 1.82) is 0 Å². The van der Waals surface area contributed by atoms with Crippen LogP contribution in [0.3, 0.4) is 0 Å². The molecule has 2 aliphatic carbocycles. The average molecular weight is 345 g/mol. The summed E-state index contributed by atoms with van der Waals surface area (Å²) in [5.41, 5.74) is 5.89. The van der Waals surface area contributed by atoms with Gasteiger partial charge in [0.05, 0.1) is 5.25 Å². The van der Waals surface area contributed by atoms with E-state index < -0.39 is 15.1 Å². The highest BCUT2D eigenvalue weighted by molar-refractivity contribution is 7.93. The van der Waals surface area contributed by atoms with Gasteiger partial charge in [-0.3, -0.25) is 4.79 Å². The van der Waals surface area contributed by atoms with Crippen LogP contribution < -0.4 is 11.1 Å². The van der Waals surface area contributed by atoms with Gasteiger partial charge in [-0.2, -0.15) is 0 Å². The fourth-order valence-electron chi connectivity index (χ4n) is 3.98. The van der Waals surface area contributed by atoms with Crippen LogP contribution in [0.5, 0.6) is 0 Å². The van der Waals surface area contributed by atoms with E-state index in [9.17, 15) is 13.2 Å². The summed E-state index contributed by atoms with van der Waals surface area (Å²) in [5.74, 6) is -0.501. The van der Waals surface area contributed by atoms with Gasteiger partial charge < -0.3 is 11.1 Å². The van der Waals surface area contributed by atoms with Gasteiger partial charge in [-0.15, -0.1) is 0 Å². The maximum Gasteiger partial charge on any atom is 0.238 e. The Morgan fingerprint density at radius 2 is 1.57 bits per heavy atom. The maximum absolute atomic E-state index is 13.0. The molecule has 1 atom stereocenters. The summed E-state index contributed by atoms with van der Waals surface area (Å²) in [7, 11) is -3.42. The van der Waals surface area contributed by atoms with Crippen molar-refractivity contribution >= 4 is 15.7 Å². The lowest BCUT2D eigenvalue weighted by Crippen LogP contribution is -2.51. The highest BCUT2D eigenvalue weighted by Gasteiger charge is 2.41. The van der Waals surface area contributed by atoms with Crippen LogP contribution in [0, 0.1) is 5.92 Å². The summed E-state index contributed by atoms with van der Waals surface area (Å²) in [4.78, 5) is 12.7. The molecular formula is C17H32N2O3S. The molecule has 2 aliphatic rings. The molecule has 0 aliphatic heterocycles. The van der Waals surface area contributed by atoms with Gasteiger partial charge in [0.25, 0.3) is 0 Å². The Labute approximate surface area is 140 Å². The largest absolute Gasteiger partial charge is 0.352 e. The molecule has 2 rings (SSSR count). The number of sulfone groups is 1. The van der Waals surface area contributed by atoms with Gasteiger partial charge in [-0.25, -0.2) is 8.42 Å². The van der Waals surface area contributed by atoms with E-state index in [4.69, 9.17) is 5.73 Å². The summed E-state index contributed by atoms with van der Waals surface area (Å²) in [6, 6.07) is 0.292. The summed E-state index contributed by atoms with van der Waals surface area (Å²) in [6.45, 7) is 3.67. The van der Waals surface area contributed by atoms with Gasteiger partial charge in [-0.05, 0) is 44.4 Å². The van der Waals surface area contributed by atoms with E-state index in [1.165, 1.54) is 0 Å². The number of rotatable bonds is 5. The highest BCUT2D eigenvalue weighted by Crippen LogP contribution is 2.29. The van der Waals surface area contributed by atoms with Crippen molar-refractivity contribution in [3.05, 3.63) is 0 Å². The van der Waals surface area contributed by atoms with Crippen molar-refractivity contribution in [2.45, 2.75) is 94.2 Å². The smallest absolute Gasteiger partial charge is 0.238 e. The predicted octanol–water partition coefficient (Wildman–Crippen LogP) is 2.14. The van der Waals surface area contributed by atoms with Crippen molar-refractivity contribution in [3.8, 4) is 0 Å². The van der Waals surface area contributed by atoms with Crippen LogP contribution in [0.15, 0.2) is 0 Å². The Morgan fingerprint density at radius 1 is 1.00 bits per heavy atom. The minimum Gasteiger partial charge on any atom is -0.352 e. The summed E-state index contributed by atoms with van der Waals surface area (Å²) >= 11 is 0. The third-order valence-corrected chi connectivity index (χ3v) is 8.22. The predicted molar refractivity (Wildman–Crippen MR) is 92.8 cm³/mol.